The highest BCUT2D eigenvalue weighted by Crippen LogP contribution is 2.29. The van der Waals surface area contributed by atoms with E-state index in [0.29, 0.717) is 19.8 Å². The topological polar surface area (TPSA) is 82.5 Å². The van der Waals surface area contributed by atoms with E-state index in [1.807, 2.05) is 17.8 Å². The fourth-order valence-corrected chi connectivity index (χ4v) is 5.18. The average Bonchev–Trinajstić information content (AvgIpc) is 3.04. The molecular formula is C16H27N3O4S. The highest BCUT2D eigenvalue weighted by Gasteiger charge is 2.32. The summed E-state index contributed by atoms with van der Waals surface area (Å²) in [6, 6.07) is -0.224. The molecule has 24 heavy (non-hydrogen) atoms. The summed E-state index contributed by atoms with van der Waals surface area (Å²) in [5.74, 6) is 0.357. The Hall–Kier alpha value is -0.960. The van der Waals surface area contributed by atoms with Gasteiger partial charge in [-0.3, -0.25) is 4.68 Å². The lowest BCUT2D eigenvalue weighted by Gasteiger charge is -2.32. The molecule has 2 atom stereocenters. The first-order valence-corrected chi connectivity index (χ1v) is 10.4. The second-order valence-electron chi connectivity index (χ2n) is 6.62. The molecule has 0 spiro atoms. The van der Waals surface area contributed by atoms with Crippen molar-refractivity contribution in [2.24, 2.45) is 5.92 Å². The van der Waals surface area contributed by atoms with Gasteiger partial charge < -0.3 is 9.47 Å². The van der Waals surface area contributed by atoms with Crippen molar-refractivity contribution in [2.75, 3.05) is 25.6 Å². The zero-order valence-electron chi connectivity index (χ0n) is 14.2. The summed E-state index contributed by atoms with van der Waals surface area (Å²) in [6.45, 7) is 4.77. The zero-order valence-corrected chi connectivity index (χ0v) is 15.0. The molecule has 136 valence electrons. The molecule has 0 bridgehead atoms. The lowest BCUT2D eigenvalue weighted by atomic mass is 9.99. The first kappa shape index (κ1) is 17.8. The molecule has 7 nitrogen and oxygen atoms in total. The van der Waals surface area contributed by atoms with Gasteiger partial charge in [-0.15, -0.1) is 0 Å². The van der Waals surface area contributed by atoms with E-state index in [1.165, 1.54) is 0 Å². The normalized spacial score (nSPS) is 26.5. The lowest BCUT2D eigenvalue weighted by molar-refractivity contribution is -0.00455. The molecule has 0 aromatic carbocycles. The third kappa shape index (κ3) is 4.56. The molecule has 3 rings (SSSR count). The van der Waals surface area contributed by atoms with Crippen LogP contribution in [0.5, 0.6) is 0 Å². The quantitative estimate of drug-likeness (QED) is 0.834. The van der Waals surface area contributed by atoms with Gasteiger partial charge in [-0.05, 0) is 38.5 Å². The molecule has 1 N–H and O–H groups in total. The van der Waals surface area contributed by atoms with E-state index >= 15 is 0 Å². The number of nitrogens with one attached hydrogen (secondary N) is 1. The van der Waals surface area contributed by atoms with Crippen molar-refractivity contribution in [3.8, 4) is 0 Å². The number of sulfonamides is 1. The Morgan fingerprint density at radius 2 is 2.08 bits per heavy atom. The third-order valence-electron chi connectivity index (χ3n) is 4.75. The highest BCUT2D eigenvalue weighted by molar-refractivity contribution is 7.89. The molecule has 1 aromatic rings. The highest BCUT2D eigenvalue weighted by atomic mass is 32.2. The third-order valence-corrected chi connectivity index (χ3v) is 6.33. The minimum absolute atomic E-state index is 0.174. The van der Waals surface area contributed by atoms with E-state index in [9.17, 15) is 8.42 Å². The molecule has 0 radical (unpaired) electrons. The summed E-state index contributed by atoms with van der Waals surface area (Å²) in [6.07, 6.45) is 6.74. The van der Waals surface area contributed by atoms with Crippen LogP contribution in [-0.2, 0) is 26.0 Å². The van der Waals surface area contributed by atoms with Crippen molar-refractivity contribution in [1.29, 1.82) is 0 Å². The van der Waals surface area contributed by atoms with Gasteiger partial charge in [0.25, 0.3) is 0 Å². The van der Waals surface area contributed by atoms with E-state index < -0.39 is 10.0 Å². The fourth-order valence-electron chi connectivity index (χ4n) is 3.43. The van der Waals surface area contributed by atoms with Gasteiger partial charge in [0.05, 0.1) is 18.0 Å². The Balaban J connectivity index is 1.66. The molecule has 1 aromatic heterocycles. The van der Waals surface area contributed by atoms with Crippen LogP contribution in [0.4, 0.5) is 0 Å². The fraction of sp³-hybridized carbons (Fsp3) is 0.812. The van der Waals surface area contributed by atoms with Gasteiger partial charge >= 0.3 is 0 Å². The maximum absolute atomic E-state index is 12.6. The molecule has 0 aliphatic carbocycles. The summed E-state index contributed by atoms with van der Waals surface area (Å²) in [7, 11) is -3.33. The number of hydrogen-bond donors (Lipinski definition) is 1. The standard InChI is InChI=1S/C16H27N3O4S/c1-2-19-11-14(10-17-19)16-15(4-3-7-23-16)18-24(20,21)12-13-5-8-22-9-6-13/h10-11,13,15-16,18H,2-9,12H2,1H3/t15-,16+/m0/s1. The van der Waals surface area contributed by atoms with Gasteiger partial charge in [0, 0.05) is 38.1 Å². The number of hydrogen-bond acceptors (Lipinski definition) is 5. The lowest BCUT2D eigenvalue weighted by Crippen LogP contribution is -2.44. The zero-order chi connectivity index (χ0) is 17.0. The Morgan fingerprint density at radius 3 is 2.79 bits per heavy atom. The van der Waals surface area contributed by atoms with Gasteiger partial charge in [-0.25, -0.2) is 13.1 Å². The maximum Gasteiger partial charge on any atom is 0.212 e. The van der Waals surface area contributed by atoms with E-state index in [-0.39, 0.29) is 23.8 Å². The largest absolute Gasteiger partial charge is 0.381 e. The van der Waals surface area contributed by atoms with Gasteiger partial charge in [0.15, 0.2) is 0 Å². The van der Waals surface area contributed by atoms with Crippen LogP contribution in [0.1, 0.15) is 44.3 Å². The Labute approximate surface area is 143 Å². The first-order valence-electron chi connectivity index (χ1n) is 8.79. The second-order valence-corrected chi connectivity index (χ2v) is 8.42. The van der Waals surface area contributed by atoms with Crippen molar-refractivity contribution in [2.45, 2.75) is 51.3 Å². The maximum atomic E-state index is 12.6. The molecule has 8 heteroatoms. The van der Waals surface area contributed by atoms with Crippen molar-refractivity contribution in [3.05, 3.63) is 18.0 Å². The Morgan fingerprint density at radius 1 is 1.29 bits per heavy atom. The monoisotopic (exact) mass is 357 g/mol. The second kappa shape index (κ2) is 7.95. The van der Waals surface area contributed by atoms with E-state index in [1.54, 1.807) is 6.20 Å². The SMILES string of the molecule is CCn1cc([C@H]2OCCC[C@@H]2NS(=O)(=O)CC2CCOCC2)cn1. The number of ether oxygens (including phenoxy) is 2. The van der Waals surface area contributed by atoms with Gasteiger partial charge in [-0.1, -0.05) is 0 Å². The summed E-state index contributed by atoms with van der Waals surface area (Å²) in [5.41, 5.74) is 0.940. The molecule has 3 heterocycles. The summed E-state index contributed by atoms with van der Waals surface area (Å²) >= 11 is 0. The number of nitrogens with zero attached hydrogens (tertiary/aromatic N) is 2. The van der Waals surface area contributed by atoms with Crippen molar-refractivity contribution in [1.82, 2.24) is 14.5 Å². The van der Waals surface area contributed by atoms with Crippen LogP contribution in [-0.4, -0.2) is 49.8 Å². The van der Waals surface area contributed by atoms with Crippen LogP contribution in [0.3, 0.4) is 0 Å². The molecule has 2 saturated heterocycles. The van der Waals surface area contributed by atoms with Gasteiger partial charge in [0.2, 0.25) is 10.0 Å². The van der Waals surface area contributed by atoms with Crippen LogP contribution >= 0.6 is 0 Å². The van der Waals surface area contributed by atoms with Crippen molar-refractivity contribution < 1.29 is 17.9 Å². The number of aromatic nitrogens is 2. The predicted molar refractivity (Wildman–Crippen MR) is 90.1 cm³/mol. The average molecular weight is 357 g/mol. The number of aryl methyl sites for hydroxylation is 1. The Kier molecular flexibility index (Phi) is 5.91. The molecule has 0 unspecified atom stereocenters. The molecule has 2 fully saturated rings. The molecular weight excluding hydrogens is 330 g/mol. The summed E-state index contributed by atoms with van der Waals surface area (Å²) in [5, 5.41) is 4.28. The molecule has 0 amide bonds. The predicted octanol–water partition coefficient (Wildman–Crippen LogP) is 1.47. The van der Waals surface area contributed by atoms with Crippen LogP contribution in [0.25, 0.3) is 0 Å². The summed E-state index contributed by atoms with van der Waals surface area (Å²) in [4.78, 5) is 0. The van der Waals surface area contributed by atoms with Crippen LogP contribution in [0, 0.1) is 5.92 Å². The molecule has 2 aliphatic heterocycles. The Bertz CT molecular complexity index is 625. The summed E-state index contributed by atoms with van der Waals surface area (Å²) < 4.78 is 41.1. The van der Waals surface area contributed by atoms with Crippen LogP contribution in [0.15, 0.2) is 12.4 Å². The molecule has 2 aliphatic rings. The van der Waals surface area contributed by atoms with E-state index in [2.05, 4.69) is 9.82 Å². The van der Waals surface area contributed by atoms with Crippen molar-refractivity contribution >= 4 is 10.0 Å². The minimum atomic E-state index is -3.33. The minimum Gasteiger partial charge on any atom is -0.381 e. The van der Waals surface area contributed by atoms with Gasteiger partial charge in [-0.2, -0.15) is 5.10 Å². The number of rotatable bonds is 6. The van der Waals surface area contributed by atoms with Crippen molar-refractivity contribution in [3.63, 3.8) is 0 Å². The molecule has 0 saturated carbocycles. The van der Waals surface area contributed by atoms with Gasteiger partial charge in [0.1, 0.15) is 6.10 Å². The van der Waals surface area contributed by atoms with Crippen LogP contribution in [0.2, 0.25) is 0 Å². The first-order chi connectivity index (χ1) is 11.6. The van der Waals surface area contributed by atoms with Crippen LogP contribution < -0.4 is 4.72 Å². The smallest absolute Gasteiger partial charge is 0.212 e. The van der Waals surface area contributed by atoms with E-state index in [0.717, 1.165) is 37.8 Å². The van der Waals surface area contributed by atoms with E-state index in [4.69, 9.17) is 9.47 Å².